The van der Waals surface area contributed by atoms with Gasteiger partial charge in [-0.2, -0.15) is 0 Å². The lowest BCUT2D eigenvalue weighted by molar-refractivity contribution is 0.102. The van der Waals surface area contributed by atoms with Crippen LogP contribution in [0, 0.1) is 5.82 Å². The molecule has 2 heterocycles. The van der Waals surface area contributed by atoms with Crippen LogP contribution in [0.4, 0.5) is 10.1 Å². The average molecular weight is 457 g/mol. The molecule has 7 nitrogen and oxygen atoms in total. The van der Waals surface area contributed by atoms with Crippen molar-refractivity contribution in [2.45, 2.75) is 0 Å². The first-order valence-electron chi connectivity index (χ1n) is 8.53. The van der Waals surface area contributed by atoms with Crippen molar-refractivity contribution < 1.29 is 9.18 Å². The van der Waals surface area contributed by atoms with Crippen LogP contribution in [0.5, 0.6) is 0 Å². The first kappa shape index (κ1) is 18.9. The van der Waals surface area contributed by atoms with E-state index in [1.165, 1.54) is 22.9 Å². The highest BCUT2D eigenvalue weighted by molar-refractivity contribution is 9.10. The number of aromatic amines is 1. The van der Waals surface area contributed by atoms with E-state index < -0.39 is 23.0 Å². The molecule has 0 radical (unpaired) electrons. The van der Waals surface area contributed by atoms with Gasteiger partial charge in [-0.25, -0.2) is 13.8 Å². The van der Waals surface area contributed by atoms with Crippen LogP contribution in [0.2, 0.25) is 0 Å². The zero-order valence-electron chi connectivity index (χ0n) is 15.1. The fourth-order valence-corrected chi connectivity index (χ4v) is 3.47. The SMILES string of the molecule is Cn1cc(C(=O)Nc2ccc(Br)cc2F)c2[nH]c(=O)n(-c3ccccc3)c(=O)c21. The molecule has 0 bridgehead atoms. The van der Waals surface area contributed by atoms with Gasteiger partial charge >= 0.3 is 5.69 Å². The Bertz CT molecular complexity index is 1370. The predicted molar refractivity (Wildman–Crippen MR) is 111 cm³/mol. The van der Waals surface area contributed by atoms with Crippen molar-refractivity contribution in [2.24, 2.45) is 7.05 Å². The van der Waals surface area contributed by atoms with Crippen molar-refractivity contribution in [3.8, 4) is 5.69 Å². The standard InChI is InChI=1S/C20H14BrFN4O3/c1-25-10-13(18(27)23-15-8-7-11(21)9-14(15)22)16-17(25)19(28)26(20(29)24-16)12-5-3-2-4-6-12/h2-10H,1H3,(H,23,27)(H,24,29). The van der Waals surface area contributed by atoms with Crippen molar-refractivity contribution >= 4 is 38.6 Å². The highest BCUT2D eigenvalue weighted by Crippen LogP contribution is 2.22. The number of fused-ring (bicyclic) bond motifs is 1. The molecule has 146 valence electrons. The first-order valence-corrected chi connectivity index (χ1v) is 9.32. The number of para-hydroxylation sites is 1. The fourth-order valence-electron chi connectivity index (χ4n) is 3.14. The molecule has 0 fully saturated rings. The lowest BCUT2D eigenvalue weighted by Crippen LogP contribution is -2.34. The second-order valence-corrected chi connectivity index (χ2v) is 7.28. The third kappa shape index (κ3) is 3.29. The van der Waals surface area contributed by atoms with E-state index in [1.54, 1.807) is 43.4 Å². The number of hydrogen-bond acceptors (Lipinski definition) is 3. The maximum Gasteiger partial charge on any atom is 0.333 e. The Hall–Kier alpha value is -3.46. The maximum atomic E-state index is 14.1. The Kier molecular flexibility index (Phi) is 4.67. The van der Waals surface area contributed by atoms with Crippen LogP contribution in [0.15, 0.2) is 68.8 Å². The molecule has 2 aromatic carbocycles. The molecule has 0 saturated heterocycles. The summed E-state index contributed by atoms with van der Waals surface area (Å²) in [5.74, 6) is -1.27. The lowest BCUT2D eigenvalue weighted by atomic mass is 10.2. The summed E-state index contributed by atoms with van der Waals surface area (Å²) < 4.78 is 17.0. The second kappa shape index (κ2) is 7.17. The van der Waals surface area contributed by atoms with Crippen molar-refractivity contribution in [3.63, 3.8) is 0 Å². The average Bonchev–Trinajstić information content (AvgIpc) is 3.01. The van der Waals surface area contributed by atoms with E-state index in [1.807, 2.05) is 0 Å². The van der Waals surface area contributed by atoms with Crippen LogP contribution in [0.3, 0.4) is 0 Å². The minimum atomic E-state index is -0.677. The number of carbonyl (C=O) groups excluding carboxylic acids is 1. The van der Waals surface area contributed by atoms with Crippen LogP contribution in [0.1, 0.15) is 10.4 Å². The summed E-state index contributed by atoms with van der Waals surface area (Å²) in [6, 6.07) is 12.7. The van der Waals surface area contributed by atoms with Crippen molar-refractivity contribution in [2.75, 3.05) is 5.32 Å². The molecule has 1 amide bonds. The molecular weight excluding hydrogens is 443 g/mol. The molecule has 0 aliphatic heterocycles. The van der Waals surface area contributed by atoms with Gasteiger partial charge in [0.2, 0.25) is 0 Å². The highest BCUT2D eigenvalue weighted by atomic mass is 79.9. The maximum absolute atomic E-state index is 14.1. The molecule has 2 aromatic heterocycles. The Balaban J connectivity index is 1.84. The second-order valence-electron chi connectivity index (χ2n) is 6.36. The summed E-state index contributed by atoms with van der Waals surface area (Å²) in [6.07, 6.45) is 1.42. The number of hydrogen-bond donors (Lipinski definition) is 2. The normalized spacial score (nSPS) is 11.0. The van der Waals surface area contributed by atoms with Gasteiger partial charge in [0.05, 0.1) is 22.5 Å². The zero-order valence-corrected chi connectivity index (χ0v) is 16.7. The van der Waals surface area contributed by atoms with Gasteiger partial charge in [0.1, 0.15) is 11.3 Å². The summed E-state index contributed by atoms with van der Waals surface area (Å²) in [6.45, 7) is 0. The van der Waals surface area contributed by atoms with E-state index in [-0.39, 0.29) is 22.3 Å². The Morgan fingerprint density at radius 3 is 2.55 bits per heavy atom. The van der Waals surface area contributed by atoms with Gasteiger partial charge < -0.3 is 14.9 Å². The summed E-state index contributed by atoms with van der Waals surface area (Å²) >= 11 is 3.15. The molecule has 0 atom stereocenters. The number of aromatic nitrogens is 3. The van der Waals surface area contributed by atoms with E-state index in [9.17, 15) is 18.8 Å². The molecule has 0 spiro atoms. The Morgan fingerprint density at radius 2 is 1.86 bits per heavy atom. The molecule has 4 aromatic rings. The molecule has 0 unspecified atom stereocenters. The zero-order chi connectivity index (χ0) is 20.7. The molecular formula is C20H14BrFN4O3. The van der Waals surface area contributed by atoms with Crippen LogP contribution < -0.4 is 16.6 Å². The van der Waals surface area contributed by atoms with Gasteiger partial charge in [-0.3, -0.25) is 9.59 Å². The smallest absolute Gasteiger partial charge is 0.333 e. The van der Waals surface area contributed by atoms with Crippen molar-refractivity contribution in [1.82, 2.24) is 14.1 Å². The number of nitrogens with one attached hydrogen (secondary N) is 2. The number of H-pyrrole nitrogens is 1. The van der Waals surface area contributed by atoms with Gasteiger partial charge in [0, 0.05) is 17.7 Å². The number of aryl methyl sites for hydroxylation is 1. The van der Waals surface area contributed by atoms with E-state index in [2.05, 4.69) is 26.2 Å². The van der Waals surface area contributed by atoms with Crippen molar-refractivity contribution in [1.29, 1.82) is 0 Å². The Labute approximate surface area is 171 Å². The highest BCUT2D eigenvalue weighted by Gasteiger charge is 2.21. The molecule has 0 aliphatic carbocycles. The minimum Gasteiger partial charge on any atom is -0.344 e. The monoisotopic (exact) mass is 456 g/mol. The third-order valence-corrected chi connectivity index (χ3v) is 4.95. The lowest BCUT2D eigenvalue weighted by Gasteiger charge is -2.07. The molecule has 0 aliphatic rings. The summed E-state index contributed by atoms with van der Waals surface area (Å²) in [5, 5.41) is 2.47. The fraction of sp³-hybridized carbons (Fsp3) is 0.0500. The van der Waals surface area contributed by atoms with Gasteiger partial charge in [-0.1, -0.05) is 34.1 Å². The van der Waals surface area contributed by atoms with Gasteiger partial charge in [0.15, 0.2) is 0 Å². The van der Waals surface area contributed by atoms with E-state index in [0.29, 0.717) is 10.2 Å². The topological polar surface area (TPSA) is 88.9 Å². The minimum absolute atomic E-state index is 0.0184. The van der Waals surface area contributed by atoms with Crippen LogP contribution in [-0.2, 0) is 7.05 Å². The Morgan fingerprint density at radius 1 is 1.14 bits per heavy atom. The van der Waals surface area contributed by atoms with Crippen LogP contribution >= 0.6 is 15.9 Å². The van der Waals surface area contributed by atoms with Crippen LogP contribution in [0.25, 0.3) is 16.7 Å². The van der Waals surface area contributed by atoms with Gasteiger partial charge in [-0.05, 0) is 30.3 Å². The van der Waals surface area contributed by atoms with E-state index in [4.69, 9.17) is 0 Å². The van der Waals surface area contributed by atoms with E-state index in [0.717, 1.165) is 4.57 Å². The molecule has 0 saturated carbocycles. The number of carbonyl (C=O) groups is 1. The molecule has 4 rings (SSSR count). The molecule has 2 N–H and O–H groups in total. The summed E-state index contributed by atoms with van der Waals surface area (Å²) in [5.41, 5.74) is -0.561. The number of halogens is 2. The van der Waals surface area contributed by atoms with Gasteiger partial charge in [0.25, 0.3) is 11.5 Å². The largest absolute Gasteiger partial charge is 0.344 e. The quantitative estimate of drug-likeness (QED) is 0.496. The predicted octanol–water partition coefficient (Wildman–Crippen LogP) is 3.17. The number of benzene rings is 2. The van der Waals surface area contributed by atoms with Gasteiger partial charge in [-0.15, -0.1) is 0 Å². The number of amides is 1. The van der Waals surface area contributed by atoms with E-state index >= 15 is 0 Å². The van der Waals surface area contributed by atoms with Crippen LogP contribution in [-0.4, -0.2) is 20.0 Å². The number of rotatable bonds is 3. The number of anilines is 1. The van der Waals surface area contributed by atoms with Crippen molar-refractivity contribution in [3.05, 3.63) is 91.4 Å². The summed E-state index contributed by atoms with van der Waals surface area (Å²) in [7, 11) is 1.59. The first-order chi connectivity index (χ1) is 13.9. The number of nitrogens with zero attached hydrogens (tertiary/aromatic N) is 2. The third-order valence-electron chi connectivity index (χ3n) is 4.46. The molecule has 9 heteroatoms. The summed E-state index contributed by atoms with van der Waals surface area (Å²) in [4.78, 5) is 40.9. The molecule has 29 heavy (non-hydrogen) atoms.